The summed E-state index contributed by atoms with van der Waals surface area (Å²) in [5, 5.41) is 0. The standard InChI is InChI=1S/C22H29F3N2O4S2/c1-21(2,3)32(28)26-22(4,20-18(24)11-16(23)12-19(20)25)14-33(29,30)27(5)13-15-7-9-17(31-6)10-8-15/h7-12,26H,13-14H2,1-6H3. The van der Waals surface area contributed by atoms with Crippen molar-refractivity contribution in [3.63, 3.8) is 0 Å². The molecule has 0 radical (unpaired) electrons. The van der Waals surface area contributed by atoms with Crippen LogP contribution >= 0.6 is 0 Å². The molecule has 0 aliphatic rings. The molecule has 2 rings (SSSR count). The zero-order chi connectivity index (χ0) is 25.2. The molecule has 184 valence electrons. The average Bonchev–Trinajstić information content (AvgIpc) is 2.66. The third-order valence-corrected chi connectivity index (χ3v) is 8.71. The van der Waals surface area contributed by atoms with E-state index in [1.807, 2.05) is 0 Å². The van der Waals surface area contributed by atoms with Crippen LogP contribution in [0.1, 0.15) is 38.8 Å². The van der Waals surface area contributed by atoms with E-state index in [9.17, 15) is 25.8 Å². The number of nitrogens with zero attached hydrogens (tertiary/aromatic N) is 1. The van der Waals surface area contributed by atoms with E-state index in [0.29, 0.717) is 23.4 Å². The Morgan fingerprint density at radius 2 is 1.55 bits per heavy atom. The molecule has 0 aliphatic heterocycles. The summed E-state index contributed by atoms with van der Waals surface area (Å²) in [4.78, 5) is 0. The van der Waals surface area contributed by atoms with Crippen molar-refractivity contribution >= 4 is 21.0 Å². The molecule has 0 saturated carbocycles. The van der Waals surface area contributed by atoms with Gasteiger partial charge in [0.2, 0.25) is 10.0 Å². The molecule has 0 aliphatic carbocycles. The lowest BCUT2D eigenvalue weighted by Gasteiger charge is -2.35. The van der Waals surface area contributed by atoms with Gasteiger partial charge in [-0.3, -0.25) is 0 Å². The fourth-order valence-electron chi connectivity index (χ4n) is 3.14. The predicted octanol–water partition coefficient (Wildman–Crippen LogP) is 3.84. The van der Waals surface area contributed by atoms with Crippen LogP contribution in [0, 0.1) is 17.5 Å². The molecule has 33 heavy (non-hydrogen) atoms. The molecule has 0 heterocycles. The van der Waals surface area contributed by atoms with Gasteiger partial charge in [0.25, 0.3) is 0 Å². The maximum atomic E-state index is 14.7. The first-order chi connectivity index (χ1) is 15.1. The Kier molecular flexibility index (Phi) is 8.37. The number of hydrogen-bond acceptors (Lipinski definition) is 4. The van der Waals surface area contributed by atoms with Gasteiger partial charge in [-0.05, 0) is 45.4 Å². The lowest BCUT2D eigenvalue weighted by atomic mass is 9.94. The van der Waals surface area contributed by atoms with Crippen LogP contribution < -0.4 is 9.46 Å². The van der Waals surface area contributed by atoms with Gasteiger partial charge in [0, 0.05) is 31.3 Å². The van der Waals surface area contributed by atoms with Gasteiger partial charge in [0.1, 0.15) is 23.2 Å². The predicted molar refractivity (Wildman–Crippen MR) is 123 cm³/mol. The van der Waals surface area contributed by atoms with Crippen LogP contribution in [0.25, 0.3) is 0 Å². The number of methoxy groups -OCH3 is 1. The van der Waals surface area contributed by atoms with E-state index in [1.54, 1.807) is 45.0 Å². The monoisotopic (exact) mass is 506 g/mol. The third kappa shape index (κ3) is 6.78. The summed E-state index contributed by atoms with van der Waals surface area (Å²) in [5.41, 5.74) is -2.01. The second-order valence-corrected chi connectivity index (χ2v) is 13.0. The molecule has 2 unspecified atom stereocenters. The minimum atomic E-state index is -4.14. The van der Waals surface area contributed by atoms with Crippen LogP contribution in [0.2, 0.25) is 0 Å². The van der Waals surface area contributed by atoms with Gasteiger partial charge < -0.3 is 4.74 Å². The summed E-state index contributed by atoms with van der Waals surface area (Å²) in [5.74, 6) is -3.92. The van der Waals surface area contributed by atoms with E-state index in [-0.39, 0.29) is 6.54 Å². The molecule has 0 amide bonds. The number of ether oxygens (including phenoxy) is 1. The van der Waals surface area contributed by atoms with Crippen LogP contribution in [0.5, 0.6) is 5.75 Å². The van der Waals surface area contributed by atoms with Gasteiger partial charge in [0.05, 0.1) is 34.1 Å². The fourth-order valence-corrected chi connectivity index (χ4v) is 5.63. The highest BCUT2D eigenvalue weighted by Crippen LogP contribution is 2.31. The molecule has 2 aromatic rings. The number of benzene rings is 2. The molecule has 0 aromatic heterocycles. The van der Waals surface area contributed by atoms with Crippen molar-refractivity contribution in [2.24, 2.45) is 0 Å². The van der Waals surface area contributed by atoms with Crippen molar-refractivity contribution < 1.29 is 30.5 Å². The Bertz CT molecular complexity index is 1100. The summed E-state index contributed by atoms with van der Waals surface area (Å²) in [7, 11) is -3.19. The number of rotatable bonds is 9. The molecule has 0 saturated heterocycles. The first-order valence-electron chi connectivity index (χ1n) is 10.0. The van der Waals surface area contributed by atoms with Crippen molar-refractivity contribution in [2.45, 2.75) is 44.5 Å². The maximum Gasteiger partial charge on any atom is 0.216 e. The molecule has 1 N–H and O–H groups in total. The highest BCUT2D eigenvalue weighted by molar-refractivity contribution is 7.89. The zero-order valence-electron chi connectivity index (χ0n) is 19.4. The Labute approximate surface area is 195 Å². The van der Waals surface area contributed by atoms with Crippen LogP contribution in [0.4, 0.5) is 13.2 Å². The second kappa shape index (κ2) is 10.1. The van der Waals surface area contributed by atoms with Crippen LogP contribution in [-0.4, -0.2) is 41.6 Å². The van der Waals surface area contributed by atoms with Crippen molar-refractivity contribution in [3.8, 4) is 5.75 Å². The Morgan fingerprint density at radius 3 is 2.00 bits per heavy atom. The van der Waals surface area contributed by atoms with E-state index in [0.717, 1.165) is 4.31 Å². The number of sulfonamides is 1. The first-order valence-corrected chi connectivity index (χ1v) is 12.8. The van der Waals surface area contributed by atoms with E-state index < -0.39 is 60.1 Å². The Morgan fingerprint density at radius 1 is 1.03 bits per heavy atom. The molecule has 0 spiro atoms. The van der Waals surface area contributed by atoms with Crippen LogP contribution in [-0.2, 0) is 33.1 Å². The minimum Gasteiger partial charge on any atom is -0.497 e. The van der Waals surface area contributed by atoms with Crippen LogP contribution in [0.3, 0.4) is 0 Å². The fraction of sp³-hybridized carbons (Fsp3) is 0.455. The number of nitrogens with one attached hydrogen (secondary N) is 1. The summed E-state index contributed by atoms with van der Waals surface area (Å²) >= 11 is 0. The van der Waals surface area contributed by atoms with Crippen molar-refractivity contribution in [1.82, 2.24) is 9.03 Å². The number of hydrogen-bond donors (Lipinski definition) is 1. The maximum absolute atomic E-state index is 14.7. The molecule has 6 nitrogen and oxygen atoms in total. The zero-order valence-corrected chi connectivity index (χ0v) is 21.0. The largest absolute Gasteiger partial charge is 0.497 e. The Balaban J connectivity index is 2.45. The molecular formula is C22H29F3N2O4S2. The molecule has 2 aromatic carbocycles. The minimum absolute atomic E-state index is 0.0147. The first kappa shape index (κ1) is 27.3. The summed E-state index contributed by atoms with van der Waals surface area (Å²) in [6, 6.07) is 7.67. The third-order valence-electron chi connectivity index (χ3n) is 4.94. The quantitative estimate of drug-likeness (QED) is 0.561. The van der Waals surface area contributed by atoms with Gasteiger partial charge in [-0.1, -0.05) is 12.1 Å². The van der Waals surface area contributed by atoms with Crippen molar-refractivity contribution in [3.05, 3.63) is 65.0 Å². The molecule has 11 heteroatoms. The average molecular weight is 507 g/mol. The smallest absolute Gasteiger partial charge is 0.216 e. The SMILES string of the molecule is COc1ccc(CN(C)S(=O)(=O)CC(C)(NS(=O)C(C)(C)C)c2c(F)cc(F)cc2F)cc1. The Hall–Kier alpha value is -1.95. The van der Waals surface area contributed by atoms with E-state index in [1.165, 1.54) is 21.1 Å². The van der Waals surface area contributed by atoms with E-state index in [2.05, 4.69) is 4.72 Å². The summed E-state index contributed by atoms with van der Waals surface area (Å²) in [6.45, 7) is 6.09. The highest BCUT2D eigenvalue weighted by Gasteiger charge is 2.42. The molecular weight excluding hydrogens is 477 g/mol. The molecule has 0 bridgehead atoms. The summed E-state index contributed by atoms with van der Waals surface area (Å²) < 4.78 is 90.0. The summed E-state index contributed by atoms with van der Waals surface area (Å²) in [6.07, 6.45) is 0. The van der Waals surface area contributed by atoms with Gasteiger partial charge >= 0.3 is 0 Å². The van der Waals surface area contributed by atoms with Gasteiger partial charge in [-0.25, -0.2) is 34.8 Å². The van der Waals surface area contributed by atoms with Crippen molar-refractivity contribution in [2.75, 3.05) is 19.9 Å². The second-order valence-electron chi connectivity index (χ2n) is 8.92. The molecule has 2 atom stereocenters. The van der Waals surface area contributed by atoms with E-state index >= 15 is 0 Å². The lowest BCUT2D eigenvalue weighted by Crippen LogP contribution is -2.52. The van der Waals surface area contributed by atoms with Crippen molar-refractivity contribution in [1.29, 1.82) is 0 Å². The van der Waals surface area contributed by atoms with Gasteiger partial charge in [-0.15, -0.1) is 0 Å². The number of halogens is 3. The van der Waals surface area contributed by atoms with Gasteiger partial charge in [-0.2, -0.15) is 0 Å². The lowest BCUT2D eigenvalue weighted by molar-refractivity contribution is 0.401. The molecule has 0 fully saturated rings. The van der Waals surface area contributed by atoms with E-state index in [4.69, 9.17) is 4.74 Å². The van der Waals surface area contributed by atoms with Gasteiger partial charge in [0.15, 0.2) is 0 Å². The topological polar surface area (TPSA) is 75.7 Å². The normalized spacial score (nSPS) is 15.3. The van der Waals surface area contributed by atoms with Crippen LogP contribution in [0.15, 0.2) is 36.4 Å². The highest BCUT2D eigenvalue weighted by atomic mass is 32.2.